The van der Waals surface area contributed by atoms with Crippen molar-refractivity contribution in [3.63, 3.8) is 0 Å². The Labute approximate surface area is 111 Å². The number of hydrogen-bond acceptors (Lipinski definition) is 4. The number of nitrogens with zero attached hydrogens (tertiary/aromatic N) is 2. The number of nitro groups is 1. The lowest BCUT2D eigenvalue weighted by molar-refractivity contribution is -0.401. The van der Waals surface area contributed by atoms with Gasteiger partial charge in [0.2, 0.25) is 0 Å². The smallest absolute Gasteiger partial charge is 0.401 e. The predicted molar refractivity (Wildman–Crippen MR) is 74.4 cm³/mol. The molecule has 19 heavy (non-hydrogen) atoms. The standard InChI is InChI=1S/C14H16N2O3/c1-3-15(4-2)12-7-5-11(6-8-12)13-9-10-14(19-13)16(17)18/h5-10H,3-4H2,1-2H3. The summed E-state index contributed by atoms with van der Waals surface area (Å²) in [5, 5.41) is 10.6. The minimum absolute atomic E-state index is 0.234. The Kier molecular flexibility index (Phi) is 3.85. The van der Waals surface area contributed by atoms with Gasteiger partial charge < -0.3 is 9.32 Å². The summed E-state index contributed by atoms with van der Waals surface area (Å²) in [5.41, 5.74) is 1.97. The first kappa shape index (κ1) is 13.1. The monoisotopic (exact) mass is 260 g/mol. The van der Waals surface area contributed by atoms with Gasteiger partial charge in [0.1, 0.15) is 10.7 Å². The topological polar surface area (TPSA) is 59.5 Å². The van der Waals surface area contributed by atoms with Crippen molar-refractivity contribution in [2.75, 3.05) is 18.0 Å². The van der Waals surface area contributed by atoms with E-state index < -0.39 is 4.92 Å². The van der Waals surface area contributed by atoms with E-state index in [-0.39, 0.29) is 5.88 Å². The summed E-state index contributed by atoms with van der Waals surface area (Å²) < 4.78 is 5.17. The summed E-state index contributed by atoms with van der Waals surface area (Å²) in [6, 6.07) is 10.8. The molecule has 1 aromatic heterocycles. The molecule has 100 valence electrons. The molecule has 0 N–H and O–H groups in total. The Morgan fingerprint density at radius 2 is 1.74 bits per heavy atom. The van der Waals surface area contributed by atoms with Gasteiger partial charge in [-0.05, 0) is 44.2 Å². The fraction of sp³-hybridized carbons (Fsp3) is 0.286. The summed E-state index contributed by atoms with van der Waals surface area (Å²) in [7, 11) is 0. The molecule has 0 amide bonds. The van der Waals surface area contributed by atoms with Crippen LogP contribution in [0.4, 0.5) is 11.6 Å². The summed E-state index contributed by atoms with van der Waals surface area (Å²) >= 11 is 0. The number of anilines is 1. The molecule has 0 saturated heterocycles. The van der Waals surface area contributed by atoms with E-state index in [1.807, 2.05) is 24.3 Å². The van der Waals surface area contributed by atoms with Gasteiger partial charge in [-0.2, -0.15) is 0 Å². The molecule has 5 nitrogen and oxygen atoms in total. The van der Waals surface area contributed by atoms with Crippen molar-refractivity contribution < 1.29 is 9.34 Å². The minimum atomic E-state index is -0.534. The zero-order valence-corrected chi connectivity index (χ0v) is 11.0. The summed E-state index contributed by atoms with van der Waals surface area (Å²) in [6.45, 7) is 6.10. The lowest BCUT2D eigenvalue weighted by atomic mass is 10.1. The summed E-state index contributed by atoms with van der Waals surface area (Å²) in [6.07, 6.45) is 0. The minimum Gasteiger partial charge on any atom is -0.401 e. The average molecular weight is 260 g/mol. The SMILES string of the molecule is CCN(CC)c1ccc(-c2ccc([N+](=O)[O-])o2)cc1. The van der Waals surface area contributed by atoms with E-state index in [9.17, 15) is 10.1 Å². The Bertz CT molecular complexity index is 556. The fourth-order valence-corrected chi connectivity index (χ4v) is 2.01. The van der Waals surface area contributed by atoms with Crippen LogP contribution >= 0.6 is 0 Å². The lowest BCUT2D eigenvalue weighted by Gasteiger charge is -2.20. The molecule has 0 aliphatic heterocycles. The van der Waals surface area contributed by atoms with Crippen molar-refractivity contribution in [3.8, 4) is 11.3 Å². The van der Waals surface area contributed by atoms with Gasteiger partial charge in [-0.15, -0.1) is 0 Å². The maximum atomic E-state index is 10.6. The van der Waals surface area contributed by atoms with Gasteiger partial charge in [0.15, 0.2) is 0 Å². The van der Waals surface area contributed by atoms with Crippen LogP contribution in [-0.2, 0) is 0 Å². The van der Waals surface area contributed by atoms with Gasteiger partial charge in [0, 0.05) is 24.3 Å². The third kappa shape index (κ3) is 2.76. The van der Waals surface area contributed by atoms with E-state index in [2.05, 4.69) is 18.7 Å². The Balaban J connectivity index is 2.24. The molecule has 5 heteroatoms. The summed E-state index contributed by atoms with van der Waals surface area (Å²) in [4.78, 5) is 12.3. The van der Waals surface area contributed by atoms with Gasteiger partial charge in [-0.3, -0.25) is 10.1 Å². The third-order valence-corrected chi connectivity index (χ3v) is 3.05. The van der Waals surface area contributed by atoms with E-state index in [0.29, 0.717) is 5.76 Å². The van der Waals surface area contributed by atoms with Crippen LogP contribution in [0.5, 0.6) is 0 Å². The van der Waals surface area contributed by atoms with Gasteiger partial charge >= 0.3 is 5.88 Å². The van der Waals surface area contributed by atoms with Crippen LogP contribution in [0.25, 0.3) is 11.3 Å². The molecule has 0 aliphatic carbocycles. The number of furan rings is 1. The predicted octanol–water partition coefficient (Wildman–Crippen LogP) is 3.70. The molecule has 0 radical (unpaired) electrons. The zero-order valence-electron chi connectivity index (χ0n) is 11.0. The van der Waals surface area contributed by atoms with Crippen molar-refractivity contribution >= 4 is 11.6 Å². The third-order valence-electron chi connectivity index (χ3n) is 3.05. The van der Waals surface area contributed by atoms with Crippen molar-refractivity contribution in [2.24, 2.45) is 0 Å². The first-order valence-corrected chi connectivity index (χ1v) is 6.25. The molecule has 0 saturated carbocycles. The number of rotatable bonds is 5. The number of benzene rings is 1. The van der Waals surface area contributed by atoms with Crippen molar-refractivity contribution in [1.82, 2.24) is 0 Å². The zero-order chi connectivity index (χ0) is 13.8. The Hall–Kier alpha value is -2.30. The van der Waals surface area contributed by atoms with Crippen molar-refractivity contribution in [3.05, 3.63) is 46.5 Å². The van der Waals surface area contributed by atoms with E-state index in [1.54, 1.807) is 6.07 Å². The van der Waals surface area contributed by atoms with Crippen LogP contribution < -0.4 is 4.90 Å². The first-order valence-electron chi connectivity index (χ1n) is 6.25. The normalized spacial score (nSPS) is 10.4. The quantitative estimate of drug-likeness (QED) is 0.607. The number of hydrogen-bond donors (Lipinski definition) is 0. The van der Waals surface area contributed by atoms with Crippen LogP contribution in [0.3, 0.4) is 0 Å². The molecular weight excluding hydrogens is 244 g/mol. The van der Waals surface area contributed by atoms with Gasteiger partial charge in [-0.25, -0.2) is 0 Å². The van der Waals surface area contributed by atoms with Crippen molar-refractivity contribution in [1.29, 1.82) is 0 Å². The Morgan fingerprint density at radius 3 is 2.21 bits per heavy atom. The van der Waals surface area contributed by atoms with Crippen LogP contribution in [0.15, 0.2) is 40.8 Å². The molecule has 1 aromatic carbocycles. The van der Waals surface area contributed by atoms with E-state index >= 15 is 0 Å². The highest BCUT2D eigenvalue weighted by Crippen LogP contribution is 2.27. The van der Waals surface area contributed by atoms with Crippen LogP contribution in [0.2, 0.25) is 0 Å². The largest absolute Gasteiger partial charge is 0.433 e. The molecule has 0 fully saturated rings. The van der Waals surface area contributed by atoms with Crippen LogP contribution in [0, 0.1) is 10.1 Å². The molecule has 0 unspecified atom stereocenters. The van der Waals surface area contributed by atoms with E-state index in [1.165, 1.54) is 6.07 Å². The second kappa shape index (κ2) is 5.56. The maximum Gasteiger partial charge on any atom is 0.433 e. The van der Waals surface area contributed by atoms with Gasteiger partial charge in [-0.1, -0.05) is 0 Å². The molecule has 0 spiro atoms. The molecule has 0 bridgehead atoms. The molecule has 0 aliphatic rings. The average Bonchev–Trinajstić information content (AvgIpc) is 2.91. The Morgan fingerprint density at radius 1 is 1.11 bits per heavy atom. The molecule has 1 heterocycles. The van der Waals surface area contributed by atoms with Gasteiger partial charge in [0.05, 0.1) is 6.07 Å². The highest BCUT2D eigenvalue weighted by Gasteiger charge is 2.13. The van der Waals surface area contributed by atoms with Gasteiger partial charge in [0.25, 0.3) is 0 Å². The highest BCUT2D eigenvalue weighted by atomic mass is 16.6. The first-order chi connectivity index (χ1) is 9.15. The van der Waals surface area contributed by atoms with E-state index in [0.717, 1.165) is 24.3 Å². The second-order valence-corrected chi connectivity index (χ2v) is 4.11. The molecule has 2 rings (SSSR count). The van der Waals surface area contributed by atoms with Crippen LogP contribution in [0.1, 0.15) is 13.8 Å². The molecular formula is C14H16N2O3. The maximum absolute atomic E-state index is 10.6. The molecule has 0 atom stereocenters. The molecule has 2 aromatic rings. The van der Waals surface area contributed by atoms with Crippen LogP contribution in [-0.4, -0.2) is 18.0 Å². The fourth-order valence-electron chi connectivity index (χ4n) is 2.01. The summed E-state index contributed by atoms with van der Waals surface area (Å²) in [5.74, 6) is 0.278. The van der Waals surface area contributed by atoms with E-state index in [4.69, 9.17) is 4.42 Å². The lowest BCUT2D eigenvalue weighted by Crippen LogP contribution is -2.21. The van der Waals surface area contributed by atoms with Crippen molar-refractivity contribution in [2.45, 2.75) is 13.8 Å². The highest BCUT2D eigenvalue weighted by molar-refractivity contribution is 5.62. The second-order valence-electron chi connectivity index (χ2n) is 4.11.